The van der Waals surface area contributed by atoms with Crippen LogP contribution in [0, 0.1) is 13.8 Å². The summed E-state index contributed by atoms with van der Waals surface area (Å²) in [6.07, 6.45) is 1.75. The van der Waals surface area contributed by atoms with Gasteiger partial charge in [-0.2, -0.15) is 5.10 Å². The summed E-state index contributed by atoms with van der Waals surface area (Å²) in [5, 5.41) is 12.9. The van der Waals surface area contributed by atoms with Gasteiger partial charge in [0.05, 0.1) is 23.2 Å². The number of aryl methyl sites for hydroxylation is 1. The maximum absolute atomic E-state index is 12.9. The summed E-state index contributed by atoms with van der Waals surface area (Å²) < 4.78 is 35.4. The van der Waals surface area contributed by atoms with Crippen molar-refractivity contribution in [1.82, 2.24) is 24.7 Å². The second-order valence-corrected chi connectivity index (χ2v) is 8.75. The summed E-state index contributed by atoms with van der Waals surface area (Å²) >= 11 is 0. The van der Waals surface area contributed by atoms with Gasteiger partial charge in [0.15, 0.2) is 5.82 Å². The van der Waals surface area contributed by atoms with E-state index in [4.69, 9.17) is 4.74 Å². The molecular weight excluding hydrogens is 390 g/mol. The Morgan fingerprint density at radius 1 is 1.14 bits per heavy atom. The molecule has 1 atom stereocenters. The number of benzene rings is 1. The highest BCUT2D eigenvalue weighted by Gasteiger charge is 2.27. The lowest BCUT2D eigenvalue weighted by atomic mass is 10.1. The van der Waals surface area contributed by atoms with Gasteiger partial charge < -0.3 is 4.74 Å². The molecule has 29 heavy (non-hydrogen) atoms. The Bertz CT molecular complexity index is 1090. The monoisotopic (exact) mass is 413 g/mol. The van der Waals surface area contributed by atoms with E-state index in [1.807, 2.05) is 36.4 Å². The summed E-state index contributed by atoms with van der Waals surface area (Å²) in [6, 6.07) is 13.4. The van der Waals surface area contributed by atoms with Crippen molar-refractivity contribution in [2.24, 2.45) is 0 Å². The lowest BCUT2D eigenvalue weighted by molar-refractivity contribution is 0.114. The van der Waals surface area contributed by atoms with Gasteiger partial charge in [0.2, 0.25) is 10.0 Å². The largest absolute Gasteiger partial charge is 0.377 e. The van der Waals surface area contributed by atoms with Crippen LogP contribution in [0.4, 0.5) is 0 Å². The van der Waals surface area contributed by atoms with Crippen LogP contribution in [0.2, 0.25) is 0 Å². The average molecular weight is 414 g/mol. The Hall–Kier alpha value is -2.62. The fourth-order valence-electron chi connectivity index (χ4n) is 3.52. The van der Waals surface area contributed by atoms with Gasteiger partial charge in [0.1, 0.15) is 4.90 Å². The van der Waals surface area contributed by atoms with Gasteiger partial charge in [-0.3, -0.25) is 0 Å². The molecule has 1 aromatic carbocycles. The Labute approximate surface area is 170 Å². The Kier molecular flexibility index (Phi) is 5.44. The van der Waals surface area contributed by atoms with E-state index in [9.17, 15) is 8.42 Å². The third-order valence-electron chi connectivity index (χ3n) is 4.96. The molecule has 2 aromatic heterocycles. The molecule has 3 heterocycles. The van der Waals surface area contributed by atoms with Crippen molar-refractivity contribution in [2.45, 2.75) is 37.7 Å². The fraction of sp³-hybridized carbons (Fsp3) is 0.350. The third-order valence-corrected chi connectivity index (χ3v) is 6.63. The predicted molar refractivity (Wildman–Crippen MR) is 108 cm³/mol. The number of hydrogen-bond acceptors (Lipinski definition) is 6. The van der Waals surface area contributed by atoms with E-state index in [0.29, 0.717) is 23.8 Å². The molecule has 0 aliphatic carbocycles. The second kappa shape index (κ2) is 8.02. The number of nitrogens with zero attached hydrogens (tertiary/aromatic N) is 4. The number of ether oxygens (including phenoxy) is 1. The van der Waals surface area contributed by atoms with Gasteiger partial charge in [0, 0.05) is 18.7 Å². The third kappa shape index (κ3) is 4.07. The molecule has 1 saturated heterocycles. The molecule has 1 aliphatic rings. The zero-order chi connectivity index (χ0) is 20.4. The van der Waals surface area contributed by atoms with Crippen LogP contribution in [-0.4, -0.2) is 47.7 Å². The molecule has 8 nitrogen and oxygen atoms in total. The quantitative estimate of drug-likeness (QED) is 0.666. The highest BCUT2D eigenvalue weighted by molar-refractivity contribution is 7.89. The van der Waals surface area contributed by atoms with Crippen LogP contribution in [-0.2, 0) is 14.8 Å². The molecule has 0 spiro atoms. The van der Waals surface area contributed by atoms with E-state index in [2.05, 4.69) is 20.0 Å². The van der Waals surface area contributed by atoms with Crippen LogP contribution in [0.3, 0.4) is 0 Å². The van der Waals surface area contributed by atoms with Gasteiger partial charge >= 0.3 is 0 Å². The van der Waals surface area contributed by atoms with Crippen molar-refractivity contribution in [3.05, 3.63) is 53.9 Å². The fourth-order valence-corrected chi connectivity index (χ4v) is 4.98. The van der Waals surface area contributed by atoms with Crippen LogP contribution < -0.4 is 4.72 Å². The first-order chi connectivity index (χ1) is 14.0. The number of nitrogens with one attached hydrogen (secondary N) is 1. The standard InChI is InChI=1S/C20H23N5O3S/c1-14-20(29(26,27)21-13-17-9-6-12-28-17)15(2)25(24-14)19-11-10-18(22-23-19)16-7-4-3-5-8-16/h3-5,7-8,10-11,17,21H,6,9,12-13H2,1-2H3/t17-/m1/s1. The molecule has 1 aliphatic heterocycles. The lowest BCUT2D eigenvalue weighted by Crippen LogP contribution is -2.32. The molecule has 1 fully saturated rings. The Balaban J connectivity index is 1.59. The number of rotatable bonds is 6. The summed E-state index contributed by atoms with van der Waals surface area (Å²) in [6.45, 7) is 4.33. The molecule has 0 saturated carbocycles. The summed E-state index contributed by atoms with van der Waals surface area (Å²) in [7, 11) is -3.71. The number of aromatic nitrogens is 4. The van der Waals surface area contributed by atoms with Gasteiger partial charge in [-0.15, -0.1) is 10.2 Å². The van der Waals surface area contributed by atoms with Crippen molar-refractivity contribution in [2.75, 3.05) is 13.2 Å². The highest BCUT2D eigenvalue weighted by Crippen LogP contribution is 2.23. The topological polar surface area (TPSA) is 99.0 Å². The molecule has 152 valence electrons. The van der Waals surface area contributed by atoms with Crippen molar-refractivity contribution < 1.29 is 13.2 Å². The van der Waals surface area contributed by atoms with Gasteiger partial charge in [-0.1, -0.05) is 30.3 Å². The molecule has 1 N–H and O–H groups in total. The van der Waals surface area contributed by atoms with Crippen LogP contribution in [0.25, 0.3) is 17.1 Å². The van der Waals surface area contributed by atoms with Crippen LogP contribution >= 0.6 is 0 Å². The van der Waals surface area contributed by atoms with Crippen molar-refractivity contribution in [3.8, 4) is 17.1 Å². The maximum atomic E-state index is 12.9. The molecule has 3 aromatic rings. The molecule has 0 bridgehead atoms. The van der Waals surface area contributed by atoms with Gasteiger partial charge in [-0.25, -0.2) is 17.8 Å². The number of hydrogen-bond donors (Lipinski definition) is 1. The maximum Gasteiger partial charge on any atom is 0.244 e. The molecule has 0 unspecified atom stereocenters. The summed E-state index contributed by atoms with van der Waals surface area (Å²) in [5.41, 5.74) is 2.60. The first kappa shape index (κ1) is 19.7. The zero-order valence-electron chi connectivity index (χ0n) is 16.4. The predicted octanol–water partition coefficient (Wildman–Crippen LogP) is 2.40. The average Bonchev–Trinajstić information content (AvgIpc) is 3.35. The van der Waals surface area contributed by atoms with E-state index in [1.54, 1.807) is 19.9 Å². The Morgan fingerprint density at radius 3 is 2.59 bits per heavy atom. The number of sulfonamides is 1. The smallest absolute Gasteiger partial charge is 0.244 e. The lowest BCUT2D eigenvalue weighted by Gasteiger charge is -2.11. The van der Waals surface area contributed by atoms with E-state index in [0.717, 1.165) is 24.1 Å². The van der Waals surface area contributed by atoms with Gasteiger partial charge in [-0.05, 0) is 38.8 Å². The van der Waals surface area contributed by atoms with Crippen molar-refractivity contribution in [3.63, 3.8) is 0 Å². The molecule has 0 radical (unpaired) electrons. The minimum atomic E-state index is -3.71. The minimum Gasteiger partial charge on any atom is -0.377 e. The molecular formula is C20H23N5O3S. The first-order valence-electron chi connectivity index (χ1n) is 9.53. The zero-order valence-corrected chi connectivity index (χ0v) is 17.2. The normalized spacial score (nSPS) is 17.0. The van der Waals surface area contributed by atoms with E-state index in [1.165, 1.54) is 4.68 Å². The van der Waals surface area contributed by atoms with Crippen LogP contribution in [0.5, 0.6) is 0 Å². The second-order valence-electron chi connectivity index (χ2n) is 7.04. The minimum absolute atomic E-state index is 0.0724. The van der Waals surface area contributed by atoms with Gasteiger partial charge in [0.25, 0.3) is 0 Å². The van der Waals surface area contributed by atoms with E-state index >= 15 is 0 Å². The molecule has 0 amide bonds. The SMILES string of the molecule is Cc1nn(-c2ccc(-c3ccccc3)nn2)c(C)c1S(=O)(=O)NC[C@H]1CCCO1. The first-order valence-corrected chi connectivity index (χ1v) is 11.0. The van der Waals surface area contributed by atoms with E-state index in [-0.39, 0.29) is 17.5 Å². The molecule has 9 heteroatoms. The summed E-state index contributed by atoms with van der Waals surface area (Å²) in [4.78, 5) is 0.171. The van der Waals surface area contributed by atoms with E-state index < -0.39 is 10.0 Å². The Morgan fingerprint density at radius 2 is 1.93 bits per heavy atom. The van der Waals surface area contributed by atoms with Crippen LogP contribution in [0.15, 0.2) is 47.4 Å². The van der Waals surface area contributed by atoms with Crippen molar-refractivity contribution in [1.29, 1.82) is 0 Å². The van der Waals surface area contributed by atoms with Crippen molar-refractivity contribution >= 4 is 10.0 Å². The highest BCUT2D eigenvalue weighted by atomic mass is 32.2. The summed E-state index contributed by atoms with van der Waals surface area (Å²) in [5.74, 6) is 0.464. The molecule has 4 rings (SSSR count). The van der Waals surface area contributed by atoms with Crippen LogP contribution in [0.1, 0.15) is 24.2 Å².